The summed E-state index contributed by atoms with van der Waals surface area (Å²) < 4.78 is 0. The molecule has 3 N–H and O–H groups in total. The van der Waals surface area contributed by atoms with Gasteiger partial charge in [0.15, 0.2) is 0 Å². The van der Waals surface area contributed by atoms with Gasteiger partial charge in [0.05, 0.1) is 12.1 Å². The van der Waals surface area contributed by atoms with E-state index in [4.69, 9.17) is 5.11 Å². The van der Waals surface area contributed by atoms with Gasteiger partial charge in [-0.3, -0.25) is 0 Å². The number of rotatable bonds is 5. The van der Waals surface area contributed by atoms with Crippen LogP contribution in [0.3, 0.4) is 0 Å². The van der Waals surface area contributed by atoms with Gasteiger partial charge in [-0.2, -0.15) is 0 Å². The number of hydrogen-bond donors (Lipinski definition) is 3. The van der Waals surface area contributed by atoms with E-state index < -0.39 is 6.10 Å². The van der Waals surface area contributed by atoms with E-state index in [1.54, 1.807) is 0 Å². The molecule has 2 atom stereocenters. The first kappa shape index (κ1) is 12.3. The fourth-order valence-corrected chi connectivity index (χ4v) is 1.82. The molecule has 1 aliphatic rings. The first-order valence-corrected chi connectivity index (χ1v) is 5.61. The van der Waals surface area contributed by atoms with Crippen molar-refractivity contribution in [1.82, 2.24) is 5.32 Å². The quantitative estimate of drug-likeness (QED) is 0.643. The zero-order valence-corrected chi connectivity index (χ0v) is 9.53. The number of hydrogen-bond acceptors (Lipinski definition) is 3. The highest BCUT2D eigenvalue weighted by molar-refractivity contribution is 5.33. The van der Waals surface area contributed by atoms with Crippen LogP contribution in [0.5, 0.6) is 0 Å². The lowest BCUT2D eigenvalue weighted by Crippen LogP contribution is -2.37. The SMILES string of the molecule is CCC1=CNC(C(O)CCCO)C=C1C. The molecule has 0 aromatic carbocycles. The van der Waals surface area contributed by atoms with Gasteiger partial charge in [-0.15, -0.1) is 0 Å². The lowest BCUT2D eigenvalue weighted by molar-refractivity contribution is 0.128. The van der Waals surface area contributed by atoms with E-state index in [0.29, 0.717) is 12.8 Å². The topological polar surface area (TPSA) is 52.5 Å². The van der Waals surface area contributed by atoms with Crippen molar-refractivity contribution in [3.63, 3.8) is 0 Å². The molecule has 2 unspecified atom stereocenters. The summed E-state index contributed by atoms with van der Waals surface area (Å²) in [5.41, 5.74) is 2.53. The number of aliphatic hydroxyl groups is 2. The van der Waals surface area contributed by atoms with Gasteiger partial charge < -0.3 is 15.5 Å². The van der Waals surface area contributed by atoms with E-state index >= 15 is 0 Å². The smallest absolute Gasteiger partial charge is 0.0778 e. The largest absolute Gasteiger partial charge is 0.396 e. The molecule has 0 aliphatic carbocycles. The van der Waals surface area contributed by atoms with Crippen LogP contribution in [0.15, 0.2) is 23.4 Å². The second-order valence-electron chi connectivity index (χ2n) is 4.00. The summed E-state index contributed by atoms with van der Waals surface area (Å²) >= 11 is 0. The normalized spacial score (nSPS) is 22.8. The van der Waals surface area contributed by atoms with Crippen molar-refractivity contribution in [2.45, 2.75) is 45.3 Å². The molecule has 0 amide bonds. The molecule has 3 heteroatoms. The van der Waals surface area contributed by atoms with Crippen molar-refractivity contribution in [3.8, 4) is 0 Å². The molecule has 0 aromatic heterocycles. The standard InChI is InChI=1S/C12H21NO2/c1-3-10-8-13-11(7-9(10)2)12(15)5-4-6-14/h7-8,11-15H,3-6H2,1-2H3. The maximum absolute atomic E-state index is 9.83. The van der Waals surface area contributed by atoms with Gasteiger partial charge in [0.1, 0.15) is 0 Å². The van der Waals surface area contributed by atoms with Gasteiger partial charge in [0.25, 0.3) is 0 Å². The van der Waals surface area contributed by atoms with Crippen LogP contribution in [-0.4, -0.2) is 29.0 Å². The highest BCUT2D eigenvalue weighted by Crippen LogP contribution is 2.19. The van der Waals surface area contributed by atoms with E-state index in [2.05, 4.69) is 25.2 Å². The molecule has 86 valence electrons. The Labute approximate surface area is 91.5 Å². The average Bonchev–Trinajstić information content (AvgIpc) is 2.25. The van der Waals surface area contributed by atoms with Crippen LogP contribution in [0.4, 0.5) is 0 Å². The van der Waals surface area contributed by atoms with E-state index in [-0.39, 0.29) is 12.6 Å². The van der Waals surface area contributed by atoms with Gasteiger partial charge in [0, 0.05) is 12.8 Å². The first-order chi connectivity index (χ1) is 7.19. The molecular formula is C12H21NO2. The molecule has 0 spiro atoms. The third kappa shape index (κ3) is 3.36. The van der Waals surface area contributed by atoms with Crippen molar-refractivity contribution in [1.29, 1.82) is 0 Å². The minimum absolute atomic E-state index is 0.00755. The molecule has 0 aromatic rings. The summed E-state index contributed by atoms with van der Waals surface area (Å²) in [6, 6.07) is -0.00755. The maximum Gasteiger partial charge on any atom is 0.0778 e. The Balaban J connectivity index is 2.51. The Bertz CT molecular complexity index is 258. The van der Waals surface area contributed by atoms with Crippen LogP contribution in [-0.2, 0) is 0 Å². The zero-order valence-electron chi connectivity index (χ0n) is 9.53. The zero-order chi connectivity index (χ0) is 11.3. The number of allylic oxidation sites excluding steroid dienone is 2. The maximum atomic E-state index is 9.83. The second kappa shape index (κ2) is 5.93. The summed E-state index contributed by atoms with van der Waals surface area (Å²) in [7, 11) is 0. The average molecular weight is 211 g/mol. The third-order valence-corrected chi connectivity index (χ3v) is 2.84. The van der Waals surface area contributed by atoms with Gasteiger partial charge >= 0.3 is 0 Å². The molecule has 0 bridgehead atoms. The van der Waals surface area contributed by atoms with Crippen LogP contribution in [0.1, 0.15) is 33.1 Å². The Morgan fingerprint density at radius 1 is 1.53 bits per heavy atom. The fourth-order valence-electron chi connectivity index (χ4n) is 1.82. The summed E-state index contributed by atoms with van der Waals surface area (Å²) in [4.78, 5) is 0. The van der Waals surface area contributed by atoms with Crippen LogP contribution in [0.25, 0.3) is 0 Å². The van der Waals surface area contributed by atoms with Crippen molar-refractivity contribution in [2.75, 3.05) is 6.61 Å². The predicted octanol–water partition coefficient (Wildman–Crippen LogP) is 1.33. The molecule has 0 fully saturated rings. The Kier molecular flexibility index (Phi) is 4.85. The highest BCUT2D eigenvalue weighted by Gasteiger charge is 2.18. The van der Waals surface area contributed by atoms with E-state index in [1.165, 1.54) is 11.1 Å². The van der Waals surface area contributed by atoms with Crippen molar-refractivity contribution in [3.05, 3.63) is 23.4 Å². The molecule has 1 rings (SSSR count). The van der Waals surface area contributed by atoms with Gasteiger partial charge in [0.2, 0.25) is 0 Å². The highest BCUT2D eigenvalue weighted by atomic mass is 16.3. The van der Waals surface area contributed by atoms with Crippen LogP contribution < -0.4 is 5.32 Å². The van der Waals surface area contributed by atoms with E-state index in [0.717, 1.165) is 6.42 Å². The second-order valence-corrected chi connectivity index (χ2v) is 4.00. The van der Waals surface area contributed by atoms with Crippen molar-refractivity contribution in [2.24, 2.45) is 0 Å². The molecule has 0 saturated heterocycles. The molecule has 0 radical (unpaired) electrons. The minimum atomic E-state index is -0.415. The Hall–Kier alpha value is -0.800. The van der Waals surface area contributed by atoms with Crippen LogP contribution >= 0.6 is 0 Å². The number of dihydropyridines is 1. The van der Waals surface area contributed by atoms with Crippen LogP contribution in [0.2, 0.25) is 0 Å². The van der Waals surface area contributed by atoms with Gasteiger partial charge in [-0.05, 0) is 37.3 Å². The summed E-state index contributed by atoms with van der Waals surface area (Å²) in [6.45, 7) is 4.33. The monoisotopic (exact) mass is 211 g/mol. The molecule has 15 heavy (non-hydrogen) atoms. The van der Waals surface area contributed by atoms with E-state index in [1.807, 2.05) is 6.20 Å². The summed E-state index contributed by atoms with van der Waals surface area (Å²) in [6.07, 6.45) is 5.93. The first-order valence-electron chi connectivity index (χ1n) is 5.61. The Morgan fingerprint density at radius 3 is 2.80 bits per heavy atom. The molecule has 3 nitrogen and oxygen atoms in total. The number of aliphatic hydroxyl groups excluding tert-OH is 2. The molecule has 1 aliphatic heterocycles. The third-order valence-electron chi connectivity index (χ3n) is 2.84. The van der Waals surface area contributed by atoms with E-state index in [9.17, 15) is 5.11 Å². The Morgan fingerprint density at radius 2 is 2.27 bits per heavy atom. The molecule has 1 heterocycles. The van der Waals surface area contributed by atoms with Crippen LogP contribution in [0, 0.1) is 0 Å². The van der Waals surface area contributed by atoms with Crippen molar-refractivity contribution >= 4 is 0 Å². The van der Waals surface area contributed by atoms with Gasteiger partial charge in [-0.25, -0.2) is 0 Å². The van der Waals surface area contributed by atoms with Gasteiger partial charge in [-0.1, -0.05) is 13.0 Å². The number of nitrogens with one attached hydrogen (secondary N) is 1. The fraction of sp³-hybridized carbons (Fsp3) is 0.667. The molecular weight excluding hydrogens is 190 g/mol. The summed E-state index contributed by atoms with van der Waals surface area (Å²) in [5.74, 6) is 0. The molecule has 0 saturated carbocycles. The minimum Gasteiger partial charge on any atom is -0.396 e. The summed E-state index contributed by atoms with van der Waals surface area (Å²) in [5, 5.41) is 21.7. The predicted molar refractivity (Wildman–Crippen MR) is 61.4 cm³/mol. The van der Waals surface area contributed by atoms with Crippen molar-refractivity contribution < 1.29 is 10.2 Å². The lowest BCUT2D eigenvalue weighted by atomic mass is 9.96. The lowest BCUT2D eigenvalue weighted by Gasteiger charge is -2.25.